The van der Waals surface area contributed by atoms with Crippen molar-refractivity contribution in [3.8, 4) is 5.75 Å². The Balaban J connectivity index is 0.866. The van der Waals surface area contributed by atoms with Crippen LogP contribution >= 0.6 is 0 Å². The van der Waals surface area contributed by atoms with E-state index in [1.165, 1.54) is 26.0 Å². The second-order valence-electron chi connectivity index (χ2n) is 27.0. The quantitative estimate of drug-likeness (QED) is 0.0147. The number of aliphatic carboxylic acids is 4. The van der Waals surface area contributed by atoms with Crippen LogP contribution in [0.15, 0.2) is 53.8 Å². The third kappa shape index (κ3) is 34.9. The number of carbonyl (C=O) groups excluding carboxylic acids is 5. The van der Waals surface area contributed by atoms with Gasteiger partial charge in [0.1, 0.15) is 47.1 Å². The molecule has 47 heteroatoms. The smallest absolute Gasteiger partial charge is 0.323 e. The van der Waals surface area contributed by atoms with E-state index in [1.54, 1.807) is 61.1 Å². The van der Waals surface area contributed by atoms with Gasteiger partial charge in [0.05, 0.1) is 82.4 Å². The van der Waals surface area contributed by atoms with Crippen LogP contribution in [0.4, 0.5) is 5.95 Å². The van der Waals surface area contributed by atoms with Gasteiger partial charge < -0.3 is 95.9 Å². The van der Waals surface area contributed by atoms with E-state index in [0.717, 1.165) is 11.9 Å². The minimum Gasteiger partial charge on any atom is -0.494 e. The largest absolute Gasteiger partial charge is 0.494 e. The predicted octanol–water partition coefficient (Wildman–Crippen LogP) is -4.27. The minimum absolute atomic E-state index is 0.0348. The molecule has 2 fully saturated rings. The Hall–Kier alpha value is -8.76. The number of ether oxygens (including phenoxy) is 6. The summed E-state index contributed by atoms with van der Waals surface area (Å²) in [4.78, 5) is 127. The molecule has 4 aromatic rings. The molecular weight excluding hydrogens is 1590 g/mol. The Labute approximate surface area is 663 Å². The van der Waals surface area contributed by atoms with Gasteiger partial charge in [-0.3, -0.25) is 76.5 Å². The maximum Gasteiger partial charge on any atom is 0.323 e. The first-order valence-electron chi connectivity index (χ1n) is 36.9. The number of aliphatic hydroxyl groups excluding tert-OH is 2. The number of aliphatic hydroxyl groups is 2. The molecule has 16 N–H and O–H groups in total. The van der Waals surface area contributed by atoms with Crippen molar-refractivity contribution in [1.82, 2.24) is 70.7 Å². The molecule has 6 rings (SSSR count). The van der Waals surface area contributed by atoms with E-state index in [1.807, 2.05) is 0 Å². The van der Waals surface area contributed by atoms with Crippen molar-refractivity contribution in [2.75, 3.05) is 175 Å². The molecule has 0 aliphatic carbocycles. The van der Waals surface area contributed by atoms with Crippen LogP contribution in [0.1, 0.15) is 66.4 Å². The number of nitrogens with one attached hydrogen (secondary N) is 8. The molecule has 0 radical (unpaired) electrons. The van der Waals surface area contributed by atoms with Crippen molar-refractivity contribution in [2.24, 2.45) is 0 Å². The summed E-state index contributed by atoms with van der Waals surface area (Å²) in [6.45, 7) is 3.71. The standard InChI is InChI=1S/C68H105N15O29S3/c1-45-35-49(36-46(2)62(45)114(102,103)78-51(66(97)98)39-75-64(95)47-8-10-52-48(37-47)38-76-83(52)18-4-12-72-68-73-15-16-74-68)110-29-3-7-54(84)69-13-5-27-107-31-33-109-34-32-108-28-6-14-71-65(96)50(9-11-55(85)70-17-30-111-67-61(94)63(115(104,105)106)60(93)53(112-67)44-113(99,100)101)77-56(86)40-79-19-21-80(41-57(87)88)23-25-82(43-59(91)92)26-24-81(22-20-79)42-58(89)90/h8,10,15-16,35-38,50-51,53,60-61,63,67,78,93-94H,3-7,9,11-14,17-34,39-44H2,1-2H3,(H,69,84)(H,70,85)(H,71,96)(H,75,95)(H,77,86)(H,87,88)(H,89,90)(H,91,92)(H,97,98)(H2,72,73,74)(H,99,100,101)(H,104,105,106)/t50-,51?,53?,60?,61?,63?,67?/m1/s1. The van der Waals surface area contributed by atoms with Gasteiger partial charge in [-0.05, 0) is 87.4 Å². The summed E-state index contributed by atoms with van der Waals surface area (Å²) < 4.78 is 131. The van der Waals surface area contributed by atoms with Gasteiger partial charge in [-0.2, -0.15) is 26.7 Å². The Morgan fingerprint density at radius 1 is 0.617 bits per heavy atom. The first-order chi connectivity index (χ1) is 54.5. The number of carboxylic acids is 4. The van der Waals surface area contributed by atoms with E-state index < -0.39 is 158 Å². The number of H-pyrrole nitrogens is 1. The topological polar surface area (TPSA) is 617 Å². The number of hydrogen-bond donors (Lipinski definition) is 16. The normalized spacial score (nSPS) is 18.4. The number of nitrogens with zero attached hydrogens (tertiary/aromatic N) is 7. The SMILES string of the molecule is Cc1cc(OCCCC(=O)NCCCOCCOCCOCCCNC(=O)[C@@H](CCC(=O)NCCOC2OC(CS(=O)(=O)O)C(O)C(S(=O)(=O)O)C2O)NC(=O)CN2CCN(CC(=O)O)CCN(CC(=O)O)CCN(CC(=O)O)CC2)cc(C)c1S(=O)(=O)NC(CNC(=O)c1ccc2c(cnn2CCCNc2ncc[nH]2)c1)C(=O)O. The van der Waals surface area contributed by atoms with Crippen molar-refractivity contribution in [3.05, 3.63) is 65.6 Å². The molecule has 2 aromatic carbocycles. The molecule has 0 spiro atoms. The van der Waals surface area contributed by atoms with Gasteiger partial charge in [0.2, 0.25) is 33.7 Å². The number of aromatic nitrogens is 4. The Kier molecular flexibility index (Phi) is 39.7. The second-order valence-corrected chi connectivity index (χ2v) is 31.7. The average Bonchev–Trinajstić information content (AvgIpc) is 1.74. The first-order valence-corrected chi connectivity index (χ1v) is 41.5. The maximum absolute atomic E-state index is 13.9. The molecule has 2 saturated heterocycles. The molecule has 4 heterocycles. The molecular formula is C68H105N15O29S3. The lowest BCUT2D eigenvalue weighted by Gasteiger charge is -2.40. The number of hydrogen-bond acceptors (Lipinski definition) is 30. The van der Waals surface area contributed by atoms with Crippen molar-refractivity contribution < 1.29 is 137 Å². The van der Waals surface area contributed by atoms with Crippen molar-refractivity contribution in [1.29, 1.82) is 0 Å². The molecule has 6 unspecified atom stereocenters. The molecule has 0 saturated carbocycles. The Bertz CT molecular complexity index is 4130. The summed E-state index contributed by atoms with van der Waals surface area (Å²) in [5, 5.41) is 78.7. The van der Waals surface area contributed by atoms with E-state index in [9.17, 15) is 108 Å². The van der Waals surface area contributed by atoms with Crippen LogP contribution < -0.4 is 41.4 Å². The summed E-state index contributed by atoms with van der Waals surface area (Å²) >= 11 is 0. The molecule has 115 heavy (non-hydrogen) atoms. The van der Waals surface area contributed by atoms with Gasteiger partial charge in [0.25, 0.3) is 26.1 Å². The summed E-state index contributed by atoms with van der Waals surface area (Å²) in [6, 6.07) is 4.79. The predicted molar refractivity (Wildman–Crippen MR) is 405 cm³/mol. The summed E-state index contributed by atoms with van der Waals surface area (Å²) in [5.74, 6) is -8.35. The maximum atomic E-state index is 13.9. The van der Waals surface area contributed by atoms with Crippen molar-refractivity contribution >= 4 is 101 Å². The van der Waals surface area contributed by atoms with E-state index in [4.69, 9.17) is 28.4 Å². The fraction of sp³-hybridized carbons (Fsp3) is 0.632. The number of fused-ring (bicyclic) bond motifs is 1. The van der Waals surface area contributed by atoms with E-state index in [-0.39, 0.29) is 165 Å². The third-order valence-electron chi connectivity index (χ3n) is 17.9. The summed E-state index contributed by atoms with van der Waals surface area (Å²) in [7, 11) is -14.6. The lowest BCUT2D eigenvalue weighted by Crippen LogP contribution is -2.62. The minimum atomic E-state index is -5.27. The van der Waals surface area contributed by atoms with Gasteiger partial charge in [-0.25, -0.2) is 13.4 Å². The second kappa shape index (κ2) is 48.1. The fourth-order valence-corrected chi connectivity index (χ4v) is 15.6. The number of aromatic amines is 1. The van der Waals surface area contributed by atoms with Crippen LogP contribution in [0.2, 0.25) is 0 Å². The number of rotatable bonds is 51. The highest BCUT2D eigenvalue weighted by Crippen LogP contribution is 2.29. The zero-order valence-electron chi connectivity index (χ0n) is 63.7. The first kappa shape index (κ1) is 95.1. The van der Waals surface area contributed by atoms with Gasteiger partial charge >= 0.3 is 23.9 Å². The molecule has 2 aromatic heterocycles. The molecule has 7 atom stereocenters. The summed E-state index contributed by atoms with van der Waals surface area (Å²) in [5.41, 5.74) is 1.53. The molecule has 0 bridgehead atoms. The fourth-order valence-electron chi connectivity index (χ4n) is 12.3. The van der Waals surface area contributed by atoms with Crippen LogP contribution in [0.3, 0.4) is 0 Å². The number of carboxylic acid groups (broad SMARTS) is 4. The van der Waals surface area contributed by atoms with E-state index in [2.05, 4.69) is 51.7 Å². The highest BCUT2D eigenvalue weighted by Gasteiger charge is 2.52. The van der Waals surface area contributed by atoms with Gasteiger partial charge in [-0.1, -0.05) is 0 Å². The zero-order chi connectivity index (χ0) is 84.3. The van der Waals surface area contributed by atoms with Gasteiger partial charge in [0.15, 0.2) is 12.2 Å². The lowest BCUT2D eigenvalue weighted by molar-refractivity contribution is -0.257. The lowest BCUT2D eigenvalue weighted by atomic mass is 10.0. The Morgan fingerprint density at radius 2 is 1.17 bits per heavy atom. The van der Waals surface area contributed by atoms with Crippen LogP contribution in [-0.4, -0.2) is 370 Å². The van der Waals surface area contributed by atoms with Crippen LogP contribution in [0.25, 0.3) is 10.9 Å². The van der Waals surface area contributed by atoms with Gasteiger partial charge in [-0.15, -0.1) is 0 Å². The van der Waals surface area contributed by atoms with Crippen molar-refractivity contribution in [3.63, 3.8) is 0 Å². The third-order valence-corrected chi connectivity index (χ3v) is 21.6. The van der Waals surface area contributed by atoms with Gasteiger partial charge in [0, 0.05) is 141 Å². The van der Waals surface area contributed by atoms with Crippen LogP contribution in [0, 0.1) is 13.8 Å². The molecule has 2 aliphatic rings. The Morgan fingerprint density at radius 3 is 1.72 bits per heavy atom. The van der Waals surface area contributed by atoms with Crippen LogP contribution in [-0.2, 0) is 98.8 Å². The highest BCUT2D eigenvalue weighted by molar-refractivity contribution is 7.89. The number of anilines is 1. The average molecular weight is 1690 g/mol. The monoisotopic (exact) mass is 1690 g/mol. The number of imidazole rings is 1. The van der Waals surface area contributed by atoms with Crippen molar-refractivity contribution in [2.45, 2.75) is 112 Å². The van der Waals surface area contributed by atoms with Crippen LogP contribution in [0.5, 0.6) is 5.75 Å². The zero-order valence-corrected chi connectivity index (χ0v) is 66.2. The number of amides is 5. The molecule has 44 nitrogen and oxygen atoms in total. The number of benzene rings is 2. The number of sulfonamides is 1. The van der Waals surface area contributed by atoms with E-state index in [0.29, 0.717) is 56.2 Å². The molecule has 5 amide bonds. The molecule has 644 valence electrons. The number of carbonyl (C=O) groups is 9. The molecule has 2 aliphatic heterocycles. The summed E-state index contributed by atoms with van der Waals surface area (Å²) in [6.07, 6.45) is -2.40. The number of aryl methyl sites for hydroxylation is 3. The van der Waals surface area contributed by atoms with E-state index >= 15 is 0 Å². The highest BCUT2D eigenvalue weighted by atomic mass is 32.2.